The van der Waals surface area contributed by atoms with E-state index in [0.29, 0.717) is 6.61 Å². The van der Waals surface area contributed by atoms with Crippen molar-refractivity contribution >= 4 is 0 Å². The predicted molar refractivity (Wildman–Crippen MR) is 115 cm³/mol. The molecule has 0 saturated heterocycles. The molecule has 0 aliphatic heterocycles. The first-order chi connectivity index (χ1) is 13.8. The molecule has 2 aromatic carbocycles. The highest BCUT2D eigenvalue weighted by Crippen LogP contribution is 2.55. The molecule has 2 aromatic rings. The Hall–Kier alpha value is -2.28. The van der Waals surface area contributed by atoms with Gasteiger partial charge in [0.15, 0.2) is 0 Å². The zero-order valence-electron chi connectivity index (χ0n) is 16.6. The number of benzene rings is 2. The molecule has 1 nitrogen and oxygen atoms in total. The number of aryl methyl sites for hydroxylation is 1. The monoisotopic (exact) mass is 370 g/mol. The highest BCUT2D eigenvalue weighted by Gasteiger charge is 2.45. The van der Waals surface area contributed by atoms with Crippen LogP contribution >= 0.6 is 0 Å². The molecule has 0 amide bonds. The van der Waals surface area contributed by atoms with Crippen LogP contribution in [0.25, 0.3) is 0 Å². The molecule has 5 unspecified atom stereocenters. The van der Waals surface area contributed by atoms with Crippen LogP contribution in [0, 0.1) is 23.7 Å². The van der Waals surface area contributed by atoms with E-state index >= 15 is 0 Å². The highest BCUT2D eigenvalue weighted by molar-refractivity contribution is 5.41. The van der Waals surface area contributed by atoms with Crippen LogP contribution in [0.5, 0.6) is 5.75 Å². The van der Waals surface area contributed by atoms with Gasteiger partial charge in [-0.3, -0.25) is 0 Å². The molecule has 3 aliphatic carbocycles. The molecule has 0 aromatic heterocycles. The van der Waals surface area contributed by atoms with Crippen molar-refractivity contribution in [2.75, 3.05) is 0 Å². The van der Waals surface area contributed by atoms with Gasteiger partial charge in [-0.1, -0.05) is 54.6 Å². The Morgan fingerprint density at radius 2 is 1.86 bits per heavy atom. The summed E-state index contributed by atoms with van der Waals surface area (Å²) >= 11 is 0. The van der Waals surface area contributed by atoms with Crippen LogP contribution in [-0.2, 0) is 13.0 Å². The Labute approximate surface area is 169 Å². The largest absolute Gasteiger partial charge is 0.489 e. The molecular weight excluding hydrogens is 340 g/mol. The molecule has 0 radical (unpaired) electrons. The lowest BCUT2D eigenvalue weighted by Crippen LogP contribution is -2.35. The Kier molecular flexibility index (Phi) is 4.84. The Morgan fingerprint density at radius 1 is 0.964 bits per heavy atom. The molecule has 5 rings (SSSR count). The lowest BCUT2D eigenvalue weighted by Gasteiger charge is -2.45. The maximum absolute atomic E-state index is 6.08. The highest BCUT2D eigenvalue weighted by atomic mass is 16.5. The summed E-state index contributed by atoms with van der Waals surface area (Å²) in [6.07, 6.45) is 13.5. The number of ether oxygens (including phenoxy) is 1. The minimum atomic E-state index is 0.644. The number of hydrogen-bond donors (Lipinski definition) is 0. The van der Waals surface area contributed by atoms with Crippen LogP contribution in [-0.4, -0.2) is 0 Å². The van der Waals surface area contributed by atoms with Gasteiger partial charge in [-0.05, 0) is 90.5 Å². The fraction of sp³-hybridized carbons (Fsp3) is 0.407. The summed E-state index contributed by atoms with van der Waals surface area (Å²) in [6.45, 7) is 4.61. The van der Waals surface area contributed by atoms with Crippen molar-refractivity contribution in [2.24, 2.45) is 23.7 Å². The van der Waals surface area contributed by atoms with E-state index in [2.05, 4.69) is 67.3 Å². The van der Waals surface area contributed by atoms with Crippen molar-refractivity contribution in [1.82, 2.24) is 0 Å². The van der Waals surface area contributed by atoms with Gasteiger partial charge in [-0.2, -0.15) is 0 Å². The van der Waals surface area contributed by atoms with E-state index in [1.54, 1.807) is 5.56 Å². The summed E-state index contributed by atoms with van der Waals surface area (Å²) in [7, 11) is 0. The standard InChI is InChI=1S/C27H30O/c1-2-6-20-9-12-25-23(20)15-16-26-24-14-11-22(17-21(24)10-13-27(25)26)28-18-19-7-4-3-5-8-19/h2-5,7-9,11-12,14,17,20,23,25-27H,1,6,10,13,15-16,18H2. The number of allylic oxidation sites excluding steroid dienone is 3. The summed E-state index contributed by atoms with van der Waals surface area (Å²) < 4.78 is 6.08. The zero-order valence-corrected chi connectivity index (χ0v) is 16.6. The molecule has 0 spiro atoms. The third-order valence-corrected chi connectivity index (χ3v) is 7.40. The Bertz CT molecular complexity index is 865. The zero-order chi connectivity index (χ0) is 18.9. The molecular formula is C27H30O. The molecule has 1 saturated carbocycles. The summed E-state index contributed by atoms with van der Waals surface area (Å²) in [6, 6.07) is 17.3. The summed E-state index contributed by atoms with van der Waals surface area (Å²) in [4.78, 5) is 0. The van der Waals surface area contributed by atoms with E-state index in [9.17, 15) is 0 Å². The van der Waals surface area contributed by atoms with Gasteiger partial charge in [-0.15, -0.1) is 6.58 Å². The molecule has 0 heterocycles. The van der Waals surface area contributed by atoms with Gasteiger partial charge in [0.25, 0.3) is 0 Å². The van der Waals surface area contributed by atoms with Crippen molar-refractivity contribution in [3.8, 4) is 5.75 Å². The van der Waals surface area contributed by atoms with Crippen molar-refractivity contribution in [1.29, 1.82) is 0 Å². The van der Waals surface area contributed by atoms with Gasteiger partial charge in [0, 0.05) is 0 Å². The van der Waals surface area contributed by atoms with Crippen LogP contribution in [0.3, 0.4) is 0 Å². The van der Waals surface area contributed by atoms with Crippen LogP contribution in [0.15, 0.2) is 73.3 Å². The average molecular weight is 371 g/mol. The molecule has 1 fully saturated rings. The second-order valence-corrected chi connectivity index (χ2v) is 8.84. The van der Waals surface area contributed by atoms with E-state index < -0.39 is 0 Å². The van der Waals surface area contributed by atoms with Gasteiger partial charge in [0.05, 0.1) is 0 Å². The fourth-order valence-electron chi connectivity index (χ4n) is 6.10. The third kappa shape index (κ3) is 3.21. The molecule has 1 heteroatoms. The molecule has 144 valence electrons. The summed E-state index contributed by atoms with van der Waals surface area (Å²) in [5, 5.41) is 0. The number of hydrogen-bond acceptors (Lipinski definition) is 1. The second-order valence-electron chi connectivity index (χ2n) is 8.84. The van der Waals surface area contributed by atoms with E-state index in [-0.39, 0.29) is 0 Å². The van der Waals surface area contributed by atoms with E-state index in [0.717, 1.165) is 41.8 Å². The smallest absolute Gasteiger partial charge is 0.120 e. The SMILES string of the molecule is C=CCC1C=CC2C1CCC1c3ccc(OCc4ccccc4)cc3CCC12. The minimum absolute atomic E-state index is 0.644. The number of fused-ring (bicyclic) bond motifs is 5. The van der Waals surface area contributed by atoms with Crippen LogP contribution < -0.4 is 4.74 Å². The Balaban J connectivity index is 1.31. The summed E-state index contributed by atoms with van der Waals surface area (Å²) in [5.74, 6) is 4.95. The van der Waals surface area contributed by atoms with Gasteiger partial charge >= 0.3 is 0 Å². The van der Waals surface area contributed by atoms with E-state index in [4.69, 9.17) is 4.74 Å². The lowest BCUT2D eigenvalue weighted by molar-refractivity contribution is 0.133. The van der Waals surface area contributed by atoms with Crippen molar-refractivity contribution in [3.63, 3.8) is 0 Å². The lowest BCUT2D eigenvalue weighted by atomic mass is 9.59. The van der Waals surface area contributed by atoms with E-state index in [1.807, 2.05) is 6.07 Å². The molecule has 5 atom stereocenters. The molecule has 3 aliphatic rings. The van der Waals surface area contributed by atoms with Crippen LogP contribution in [0.1, 0.15) is 48.3 Å². The van der Waals surface area contributed by atoms with Gasteiger partial charge < -0.3 is 4.74 Å². The first-order valence-electron chi connectivity index (χ1n) is 10.9. The second kappa shape index (κ2) is 7.62. The van der Waals surface area contributed by atoms with Crippen LogP contribution in [0.4, 0.5) is 0 Å². The first kappa shape index (κ1) is 17.8. The van der Waals surface area contributed by atoms with E-state index in [1.165, 1.54) is 36.8 Å². The normalized spacial score (nSPS) is 30.2. The maximum Gasteiger partial charge on any atom is 0.120 e. The quantitative estimate of drug-likeness (QED) is 0.532. The van der Waals surface area contributed by atoms with Crippen molar-refractivity contribution in [2.45, 2.75) is 44.6 Å². The van der Waals surface area contributed by atoms with Crippen LogP contribution in [0.2, 0.25) is 0 Å². The Morgan fingerprint density at radius 3 is 2.71 bits per heavy atom. The van der Waals surface area contributed by atoms with Crippen molar-refractivity contribution in [3.05, 3.63) is 90.0 Å². The minimum Gasteiger partial charge on any atom is -0.489 e. The summed E-state index contributed by atoms with van der Waals surface area (Å²) in [5.41, 5.74) is 4.35. The predicted octanol–water partition coefficient (Wildman–Crippen LogP) is 6.70. The molecule has 28 heavy (non-hydrogen) atoms. The topological polar surface area (TPSA) is 9.23 Å². The first-order valence-corrected chi connectivity index (χ1v) is 10.9. The van der Waals surface area contributed by atoms with Crippen molar-refractivity contribution < 1.29 is 4.74 Å². The maximum atomic E-state index is 6.08. The molecule has 0 bridgehead atoms. The number of rotatable bonds is 5. The van der Waals surface area contributed by atoms with Gasteiger partial charge in [0.1, 0.15) is 12.4 Å². The van der Waals surface area contributed by atoms with Gasteiger partial charge in [-0.25, -0.2) is 0 Å². The third-order valence-electron chi connectivity index (χ3n) is 7.40. The van der Waals surface area contributed by atoms with Gasteiger partial charge in [0.2, 0.25) is 0 Å². The average Bonchev–Trinajstić information content (AvgIpc) is 3.16. The molecule has 0 N–H and O–H groups in total. The fourth-order valence-corrected chi connectivity index (χ4v) is 6.10.